The lowest BCUT2D eigenvalue weighted by molar-refractivity contribution is 0.0926. The van der Waals surface area contributed by atoms with Gasteiger partial charge in [-0.15, -0.1) is 0 Å². The van der Waals surface area contributed by atoms with E-state index in [4.69, 9.17) is 0 Å². The Bertz CT molecular complexity index is 457. The molecule has 0 amide bonds. The molecule has 1 aliphatic carbocycles. The van der Waals surface area contributed by atoms with Crippen LogP contribution in [-0.2, 0) is 0 Å². The van der Waals surface area contributed by atoms with E-state index in [9.17, 15) is 13.6 Å². The van der Waals surface area contributed by atoms with Crippen molar-refractivity contribution in [3.05, 3.63) is 35.4 Å². The molecule has 2 nitrogen and oxygen atoms in total. The molecule has 4 heteroatoms. The fraction of sp³-hybridized carbons (Fsp3) is 0.533. The lowest BCUT2D eigenvalue weighted by atomic mass is 10.1. The van der Waals surface area contributed by atoms with Crippen LogP contribution in [-0.4, -0.2) is 30.3 Å². The maximum atomic E-state index is 13.1. The number of halogens is 2. The Labute approximate surface area is 112 Å². The van der Waals surface area contributed by atoms with Gasteiger partial charge in [-0.1, -0.05) is 6.92 Å². The van der Waals surface area contributed by atoms with E-state index in [0.29, 0.717) is 5.92 Å². The van der Waals surface area contributed by atoms with Crippen LogP contribution < -0.4 is 0 Å². The molecule has 104 valence electrons. The Morgan fingerprint density at radius 2 is 2.05 bits per heavy atom. The van der Waals surface area contributed by atoms with E-state index in [1.54, 1.807) is 0 Å². The van der Waals surface area contributed by atoms with Crippen molar-refractivity contribution in [2.45, 2.75) is 26.2 Å². The van der Waals surface area contributed by atoms with Gasteiger partial charge in [-0.25, -0.2) is 8.78 Å². The van der Waals surface area contributed by atoms with Gasteiger partial charge in [0.05, 0.1) is 6.54 Å². The molecular weight excluding hydrogens is 248 g/mol. The summed E-state index contributed by atoms with van der Waals surface area (Å²) in [7, 11) is 0. The summed E-state index contributed by atoms with van der Waals surface area (Å²) < 4.78 is 25.9. The number of carbonyl (C=O) groups excluding carboxylic acids is 1. The highest BCUT2D eigenvalue weighted by Gasteiger charge is 2.25. The van der Waals surface area contributed by atoms with Crippen molar-refractivity contribution in [1.29, 1.82) is 0 Å². The zero-order valence-electron chi connectivity index (χ0n) is 11.2. The van der Waals surface area contributed by atoms with Crippen LogP contribution in [0.25, 0.3) is 0 Å². The summed E-state index contributed by atoms with van der Waals surface area (Å²) in [6.45, 7) is 4.16. The Hall–Kier alpha value is -1.29. The third-order valence-corrected chi connectivity index (χ3v) is 3.36. The summed E-state index contributed by atoms with van der Waals surface area (Å²) in [5, 5.41) is 0. The maximum Gasteiger partial charge on any atom is 0.176 e. The Kier molecular flexibility index (Phi) is 4.64. The van der Waals surface area contributed by atoms with E-state index in [0.717, 1.165) is 31.6 Å². The van der Waals surface area contributed by atoms with E-state index < -0.39 is 11.6 Å². The molecule has 0 spiro atoms. The normalized spacial score (nSPS) is 14.9. The van der Waals surface area contributed by atoms with Crippen molar-refractivity contribution in [3.63, 3.8) is 0 Å². The smallest absolute Gasteiger partial charge is 0.176 e. The standard InChI is InChI=1S/C15H19F2NO/c1-2-7-18(9-11-3-4-11)10-15(19)12-5-6-13(16)14(17)8-12/h5-6,8,11H,2-4,7,9-10H2,1H3. The van der Waals surface area contributed by atoms with Crippen molar-refractivity contribution >= 4 is 5.78 Å². The minimum atomic E-state index is -0.963. The van der Waals surface area contributed by atoms with Gasteiger partial charge in [-0.3, -0.25) is 9.69 Å². The maximum absolute atomic E-state index is 13.1. The largest absolute Gasteiger partial charge is 0.296 e. The number of ketones is 1. The number of rotatable bonds is 7. The van der Waals surface area contributed by atoms with Gasteiger partial charge in [0.2, 0.25) is 0 Å². The highest BCUT2D eigenvalue weighted by Crippen LogP contribution is 2.29. The molecular formula is C15H19F2NO. The van der Waals surface area contributed by atoms with Crippen LogP contribution in [0.1, 0.15) is 36.5 Å². The van der Waals surface area contributed by atoms with Crippen LogP contribution in [0.15, 0.2) is 18.2 Å². The van der Waals surface area contributed by atoms with Gasteiger partial charge >= 0.3 is 0 Å². The molecule has 1 aliphatic rings. The second-order valence-electron chi connectivity index (χ2n) is 5.23. The second-order valence-corrected chi connectivity index (χ2v) is 5.23. The van der Waals surface area contributed by atoms with Crippen LogP contribution in [0.3, 0.4) is 0 Å². The first-order valence-corrected chi connectivity index (χ1v) is 6.80. The van der Waals surface area contributed by atoms with Crippen molar-refractivity contribution in [2.75, 3.05) is 19.6 Å². The fourth-order valence-electron chi connectivity index (χ4n) is 2.18. The molecule has 0 aromatic heterocycles. The predicted molar refractivity (Wildman–Crippen MR) is 70.1 cm³/mol. The monoisotopic (exact) mass is 267 g/mol. The number of carbonyl (C=O) groups is 1. The predicted octanol–water partition coefficient (Wildman–Crippen LogP) is 3.27. The number of hydrogen-bond acceptors (Lipinski definition) is 2. The van der Waals surface area contributed by atoms with Gasteiger partial charge in [0, 0.05) is 12.1 Å². The molecule has 1 saturated carbocycles. The van der Waals surface area contributed by atoms with Gasteiger partial charge in [-0.2, -0.15) is 0 Å². The van der Waals surface area contributed by atoms with Gasteiger partial charge in [0.15, 0.2) is 17.4 Å². The highest BCUT2D eigenvalue weighted by atomic mass is 19.2. The van der Waals surface area contributed by atoms with Crippen molar-refractivity contribution < 1.29 is 13.6 Å². The minimum Gasteiger partial charge on any atom is -0.296 e. The summed E-state index contributed by atoms with van der Waals surface area (Å²) in [6.07, 6.45) is 3.46. The molecule has 0 heterocycles. The summed E-state index contributed by atoms with van der Waals surface area (Å²) in [5.41, 5.74) is 0.246. The summed E-state index contributed by atoms with van der Waals surface area (Å²) in [4.78, 5) is 14.2. The van der Waals surface area contributed by atoms with Crippen LogP contribution in [0.2, 0.25) is 0 Å². The van der Waals surface area contributed by atoms with E-state index in [-0.39, 0.29) is 17.9 Å². The number of Topliss-reactive ketones (excluding diaryl/α,β-unsaturated/α-hetero) is 1. The molecule has 0 atom stereocenters. The second kappa shape index (κ2) is 6.24. The Morgan fingerprint density at radius 1 is 1.32 bits per heavy atom. The van der Waals surface area contributed by atoms with Crippen molar-refractivity contribution in [1.82, 2.24) is 4.90 Å². The molecule has 0 radical (unpaired) electrons. The van der Waals surface area contributed by atoms with E-state index in [2.05, 4.69) is 11.8 Å². The minimum absolute atomic E-state index is 0.145. The molecule has 0 aliphatic heterocycles. The van der Waals surface area contributed by atoms with E-state index >= 15 is 0 Å². The van der Waals surface area contributed by atoms with Gasteiger partial charge in [0.1, 0.15) is 0 Å². The van der Waals surface area contributed by atoms with Crippen LogP contribution >= 0.6 is 0 Å². The fourth-order valence-corrected chi connectivity index (χ4v) is 2.18. The molecule has 0 saturated heterocycles. The molecule has 1 fully saturated rings. The molecule has 2 rings (SSSR count). The first-order valence-electron chi connectivity index (χ1n) is 6.80. The van der Waals surface area contributed by atoms with Crippen LogP contribution in [0, 0.1) is 17.6 Å². The molecule has 19 heavy (non-hydrogen) atoms. The average Bonchev–Trinajstić information content (AvgIpc) is 3.16. The lowest BCUT2D eigenvalue weighted by Gasteiger charge is -2.20. The van der Waals surface area contributed by atoms with Crippen molar-refractivity contribution in [3.8, 4) is 0 Å². The average molecular weight is 267 g/mol. The SMILES string of the molecule is CCCN(CC(=O)c1ccc(F)c(F)c1)CC1CC1. The highest BCUT2D eigenvalue weighted by molar-refractivity contribution is 5.97. The van der Waals surface area contributed by atoms with E-state index in [1.165, 1.54) is 18.9 Å². The van der Waals surface area contributed by atoms with Gasteiger partial charge < -0.3 is 0 Å². The summed E-state index contributed by atoms with van der Waals surface area (Å²) >= 11 is 0. The number of hydrogen-bond donors (Lipinski definition) is 0. The molecule has 1 aromatic rings. The van der Waals surface area contributed by atoms with Crippen LogP contribution in [0.5, 0.6) is 0 Å². The van der Waals surface area contributed by atoms with Gasteiger partial charge in [-0.05, 0) is 49.9 Å². The zero-order chi connectivity index (χ0) is 13.8. The molecule has 0 N–H and O–H groups in total. The number of nitrogens with zero attached hydrogens (tertiary/aromatic N) is 1. The Balaban J connectivity index is 1.98. The third kappa shape index (κ3) is 4.10. The summed E-state index contributed by atoms with van der Waals surface area (Å²) in [5.74, 6) is -1.31. The third-order valence-electron chi connectivity index (χ3n) is 3.36. The van der Waals surface area contributed by atoms with E-state index in [1.807, 2.05) is 0 Å². The first kappa shape index (κ1) is 14.1. The van der Waals surface area contributed by atoms with Crippen LogP contribution in [0.4, 0.5) is 8.78 Å². The topological polar surface area (TPSA) is 20.3 Å². The zero-order valence-corrected chi connectivity index (χ0v) is 11.2. The van der Waals surface area contributed by atoms with Crippen molar-refractivity contribution in [2.24, 2.45) is 5.92 Å². The number of benzene rings is 1. The van der Waals surface area contributed by atoms with Gasteiger partial charge in [0.25, 0.3) is 0 Å². The molecule has 0 bridgehead atoms. The molecule has 0 unspecified atom stereocenters. The first-order chi connectivity index (χ1) is 9.10. The summed E-state index contributed by atoms with van der Waals surface area (Å²) in [6, 6.07) is 3.34. The Morgan fingerprint density at radius 3 is 2.63 bits per heavy atom. The lowest BCUT2D eigenvalue weighted by Crippen LogP contribution is -2.32. The molecule has 1 aromatic carbocycles. The quantitative estimate of drug-likeness (QED) is 0.707.